The average molecular weight is 1870 g/mol. The third kappa shape index (κ3) is 14.4. The Bertz CT molecular complexity index is 10400. The number of thiophene rings is 1. The standard InChI is InChI=1S/C47H26N6OS.C42H24N4O2.C36H22N4O/c1-2-12-27(13-3-1)43-50-44(52-45(51-43)33-18-10-16-30-29-14-5-9-23-40(29)55-42(30)33)32-17-11-22-39-41(32)34-26-28(24-25-38(34)54-39)46-48-35-19-6-4-15-31(35)47-49-36-20-7-8-21-37(36)53(46)47;1-2-9-26(10-3-1)40-44-41(46-42(45-40)32-15-6-13-30-29-12-4-5-16-35(29)48-39(30)32)31-14-7-17-37-38(31)33-23-27(20-21-36(33)47-37)28-19-18-25-11-8-22-43-34(25)24-28;1-3-10-23(11-4-1)30-21-31(24-12-5-2-6-13-24)40-36(39-30)26-14-9-17-34-35(26)27-20-25(18-19-33(27)41-34)32-22-37-28-15-7-8-16-29(28)38-32/h1-26H;1-24H;1-22H. The van der Waals surface area contributed by atoms with Gasteiger partial charge >= 0.3 is 0 Å². The van der Waals surface area contributed by atoms with Crippen LogP contribution in [0, 0.1) is 0 Å². The maximum atomic E-state index is 6.53. The van der Waals surface area contributed by atoms with E-state index in [2.05, 4.69) is 184 Å². The van der Waals surface area contributed by atoms with Crippen molar-refractivity contribution in [3.63, 3.8) is 0 Å². The Hall–Kier alpha value is -19.6. The molecule has 0 fully saturated rings. The number of hydrogen-bond donors (Lipinski definition) is 0. The first-order valence-electron chi connectivity index (χ1n) is 47.4. The summed E-state index contributed by atoms with van der Waals surface area (Å²) >= 11 is 1.77. The third-order valence-electron chi connectivity index (χ3n) is 26.8. The first-order chi connectivity index (χ1) is 71.3. The van der Waals surface area contributed by atoms with Crippen LogP contribution in [0.25, 0.3) is 293 Å². The van der Waals surface area contributed by atoms with E-state index in [0.717, 1.165) is 237 Å². The van der Waals surface area contributed by atoms with Gasteiger partial charge in [0.1, 0.15) is 56.1 Å². The Kier molecular flexibility index (Phi) is 19.6. The van der Waals surface area contributed by atoms with Crippen LogP contribution in [0.1, 0.15) is 0 Å². The van der Waals surface area contributed by atoms with Crippen molar-refractivity contribution in [2.75, 3.05) is 0 Å². The van der Waals surface area contributed by atoms with Crippen molar-refractivity contribution in [3.05, 3.63) is 437 Å². The third-order valence-corrected chi connectivity index (χ3v) is 28.0. The monoisotopic (exact) mass is 1860 g/mol. The zero-order valence-corrected chi connectivity index (χ0v) is 77.2. The van der Waals surface area contributed by atoms with Gasteiger partial charge in [0.15, 0.2) is 40.8 Å². The fraction of sp³-hybridized carbons (Fsp3) is 0. The van der Waals surface area contributed by atoms with E-state index in [1.807, 2.05) is 267 Å². The molecule has 0 spiro atoms. The number of para-hydroxylation sites is 7. The van der Waals surface area contributed by atoms with Gasteiger partial charge in [-0.25, -0.2) is 54.8 Å². The summed E-state index contributed by atoms with van der Waals surface area (Å²) in [5, 5.41) is 12.4. The Morgan fingerprint density at radius 1 is 0.215 bits per heavy atom. The summed E-state index contributed by atoms with van der Waals surface area (Å²) in [4.78, 5) is 65.3. The van der Waals surface area contributed by atoms with E-state index in [1.165, 1.54) is 15.5 Å². The predicted molar refractivity (Wildman–Crippen MR) is 579 cm³/mol. The molecule has 144 heavy (non-hydrogen) atoms. The molecule has 19 heteroatoms. The topological polar surface area (TPSA) is 225 Å². The summed E-state index contributed by atoms with van der Waals surface area (Å²) in [7, 11) is 0. The molecule has 0 unspecified atom stereocenters. The fourth-order valence-corrected chi connectivity index (χ4v) is 21.2. The highest BCUT2D eigenvalue weighted by Gasteiger charge is 2.27. The van der Waals surface area contributed by atoms with Gasteiger partial charge in [0, 0.05) is 136 Å². The van der Waals surface area contributed by atoms with E-state index in [1.54, 1.807) is 11.3 Å². The predicted octanol–water partition coefficient (Wildman–Crippen LogP) is 32.0. The van der Waals surface area contributed by atoms with Crippen LogP contribution >= 0.6 is 11.3 Å². The summed E-state index contributed by atoms with van der Waals surface area (Å²) in [5.41, 5.74) is 27.6. The van der Waals surface area contributed by atoms with E-state index < -0.39 is 0 Å². The van der Waals surface area contributed by atoms with Gasteiger partial charge in [0.25, 0.3) is 0 Å². The van der Waals surface area contributed by atoms with Crippen molar-refractivity contribution in [1.29, 1.82) is 0 Å². The van der Waals surface area contributed by atoms with Gasteiger partial charge in [-0.05, 0) is 157 Å². The molecule has 0 aliphatic heterocycles. The average Bonchev–Trinajstić information content (AvgIpc) is 1.57. The molecular formula is C125H72N14O4S. The van der Waals surface area contributed by atoms with Crippen molar-refractivity contribution in [1.82, 2.24) is 69.2 Å². The molecule has 0 saturated heterocycles. The van der Waals surface area contributed by atoms with E-state index in [4.69, 9.17) is 72.5 Å². The van der Waals surface area contributed by atoms with Crippen LogP contribution in [0.15, 0.2) is 455 Å². The van der Waals surface area contributed by atoms with E-state index >= 15 is 0 Å². The molecule has 672 valence electrons. The minimum atomic E-state index is 0.540. The molecule has 0 amide bonds. The fourth-order valence-electron chi connectivity index (χ4n) is 20.0. The number of hydrogen-bond acceptors (Lipinski definition) is 18. The van der Waals surface area contributed by atoms with E-state index in [-0.39, 0.29) is 0 Å². The molecule has 12 heterocycles. The second kappa shape index (κ2) is 34.2. The number of benzene rings is 18. The van der Waals surface area contributed by atoms with Gasteiger partial charge in [0.05, 0.1) is 61.9 Å². The van der Waals surface area contributed by atoms with Crippen LogP contribution in [0.3, 0.4) is 0 Å². The van der Waals surface area contributed by atoms with E-state index in [9.17, 15) is 0 Å². The lowest BCUT2D eigenvalue weighted by Gasteiger charge is -2.10. The van der Waals surface area contributed by atoms with Crippen molar-refractivity contribution in [2.24, 2.45) is 0 Å². The minimum Gasteiger partial charge on any atom is -0.456 e. The lowest BCUT2D eigenvalue weighted by Crippen LogP contribution is -2.00. The molecule has 0 N–H and O–H groups in total. The van der Waals surface area contributed by atoms with Gasteiger partial charge < -0.3 is 17.7 Å². The quantitative estimate of drug-likeness (QED) is 0.111. The number of furan rings is 4. The number of fused-ring (bicyclic) bond motifs is 22. The highest BCUT2D eigenvalue weighted by molar-refractivity contribution is 7.26. The Morgan fingerprint density at radius 3 is 1.30 bits per heavy atom. The van der Waals surface area contributed by atoms with E-state index in [0.29, 0.717) is 40.8 Å². The van der Waals surface area contributed by atoms with Crippen LogP contribution in [0.5, 0.6) is 0 Å². The first-order valence-corrected chi connectivity index (χ1v) is 48.2. The van der Waals surface area contributed by atoms with Crippen LogP contribution in [0.4, 0.5) is 0 Å². The molecule has 0 radical (unpaired) electrons. The van der Waals surface area contributed by atoms with Crippen molar-refractivity contribution >= 4 is 169 Å². The number of rotatable bonds is 12. The zero-order valence-electron chi connectivity index (χ0n) is 76.4. The Balaban J connectivity index is 0.000000106. The number of nitrogens with zero attached hydrogens (tertiary/aromatic N) is 14. The van der Waals surface area contributed by atoms with Crippen molar-refractivity contribution in [2.45, 2.75) is 0 Å². The lowest BCUT2D eigenvalue weighted by atomic mass is 9.99. The molecule has 18 aromatic carbocycles. The normalized spacial score (nSPS) is 11.8. The second-order valence-electron chi connectivity index (χ2n) is 35.4. The van der Waals surface area contributed by atoms with Gasteiger partial charge in [-0.1, -0.05) is 279 Å². The summed E-state index contributed by atoms with van der Waals surface area (Å²) < 4.78 is 30.2. The maximum Gasteiger partial charge on any atom is 0.167 e. The van der Waals surface area contributed by atoms with Gasteiger partial charge in [-0.3, -0.25) is 14.4 Å². The van der Waals surface area contributed by atoms with Gasteiger partial charge in [0.2, 0.25) is 0 Å². The number of pyridine rings is 1. The number of aromatic nitrogens is 14. The van der Waals surface area contributed by atoms with Crippen LogP contribution in [-0.4, -0.2) is 69.2 Å². The largest absolute Gasteiger partial charge is 0.456 e. The highest BCUT2D eigenvalue weighted by atomic mass is 32.1. The summed E-state index contributed by atoms with van der Waals surface area (Å²) in [6, 6.07) is 143. The van der Waals surface area contributed by atoms with Crippen LogP contribution in [-0.2, 0) is 0 Å². The first kappa shape index (κ1) is 82.6. The van der Waals surface area contributed by atoms with Crippen molar-refractivity contribution in [3.8, 4) is 136 Å². The maximum absolute atomic E-state index is 6.53. The molecule has 0 aliphatic carbocycles. The molecule has 0 bridgehead atoms. The minimum absolute atomic E-state index is 0.540. The van der Waals surface area contributed by atoms with Gasteiger partial charge in [-0.2, -0.15) is 0 Å². The van der Waals surface area contributed by atoms with Crippen LogP contribution < -0.4 is 0 Å². The second-order valence-corrected chi connectivity index (χ2v) is 36.5. The highest BCUT2D eigenvalue weighted by Crippen LogP contribution is 2.47. The number of imidazole rings is 1. The molecule has 0 atom stereocenters. The smallest absolute Gasteiger partial charge is 0.167 e. The SMILES string of the molecule is c1ccc(-c2cc(-c3ccccc3)nc(-c3cccc4oc5ccc(-c6cnc7ccccc7n6)cc5c34)n2)cc1.c1ccc(-c2nc(-c3cccc4c3oc3ccccc34)nc(-c3cccc4oc5ccc(-c6ccc7cccnc7c6)cc5c34)n2)cc1.c1ccc(-c2nc(-c3cccc4c3sc3ccccc34)nc(-c3cccc4oc5ccc(-c6nc7ccccc7c7nc8ccccc8n67)cc5c34)n2)cc1. The summed E-state index contributed by atoms with van der Waals surface area (Å²) in [6.45, 7) is 0. The Morgan fingerprint density at radius 2 is 0.660 bits per heavy atom. The molecule has 0 saturated carbocycles. The lowest BCUT2D eigenvalue weighted by molar-refractivity contribution is 0.668. The molecule has 18 nitrogen and oxygen atoms in total. The zero-order chi connectivity index (χ0) is 94.8. The molecule has 30 aromatic rings. The molecule has 12 aromatic heterocycles. The molecular weight excluding hydrogens is 1790 g/mol. The Labute approximate surface area is 823 Å². The summed E-state index contributed by atoms with van der Waals surface area (Å²) in [5.74, 6) is 4.94. The van der Waals surface area contributed by atoms with Crippen LogP contribution in [0.2, 0.25) is 0 Å². The van der Waals surface area contributed by atoms with Crippen molar-refractivity contribution < 1.29 is 17.7 Å². The summed E-state index contributed by atoms with van der Waals surface area (Å²) in [6.07, 6.45) is 3.65. The molecule has 0 aliphatic rings. The van der Waals surface area contributed by atoms with Gasteiger partial charge in [-0.15, -0.1) is 11.3 Å². The molecule has 30 rings (SSSR count).